The minimum Gasteiger partial charge on any atom is -0.462 e. The summed E-state index contributed by atoms with van der Waals surface area (Å²) in [5.41, 5.74) is 2.22. The van der Waals surface area contributed by atoms with Gasteiger partial charge in [-0.2, -0.15) is 5.10 Å². The maximum absolute atomic E-state index is 12.6. The van der Waals surface area contributed by atoms with E-state index in [1.54, 1.807) is 19.3 Å². The predicted octanol–water partition coefficient (Wildman–Crippen LogP) is 2.51. The van der Waals surface area contributed by atoms with Gasteiger partial charge in [-0.05, 0) is 19.1 Å². The first-order valence-electron chi connectivity index (χ1n) is 9.15. The molecule has 1 saturated heterocycles. The number of anilines is 1. The molecule has 1 fully saturated rings. The number of carbonyl (C=O) groups excluding carboxylic acids is 1. The highest BCUT2D eigenvalue weighted by Gasteiger charge is 2.27. The lowest BCUT2D eigenvalue weighted by Gasteiger charge is -2.35. The van der Waals surface area contributed by atoms with Gasteiger partial charge in [0.15, 0.2) is 0 Å². The molecule has 0 bridgehead atoms. The molecule has 3 heterocycles. The van der Waals surface area contributed by atoms with E-state index < -0.39 is 0 Å². The largest absolute Gasteiger partial charge is 0.462 e. The van der Waals surface area contributed by atoms with E-state index in [9.17, 15) is 4.79 Å². The molecular weight excluding hydrogens is 344 g/mol. The number of fused-ring (bicyclic) bond motifs is 1. The normalized spacial score (nSPS) is 17.2. The van der Waals surface area contributed by atoms with Crippen molar-refractivity contribution in [1.82, 2.24) is 14.8 Å². The van der Waals surface area contributed by atoms with Crippen molar-refractivity contribution >= 4 is 22.6 Å². The van der Waals surface area contributed by atoms with E-state index in [0.717, 1.165) is 16.6 Å². The SMILES string of the molecule is CCOC(=O)c1cnc2ccccc2c1N1CCOC(Cn2cccn2)C1. The van der Waals surface area contributed by atoms with Crippen LogP contribution in [0.4, 0.5) is 5.69 Å². The summed E-state index contributed by atoms with van der Waals surface area (Å²) in [6.45, 7) is 4.76. The molecule has 0 aliphatic carbocycles. The van der Waals surface area contributed by atoms with Crippen molar-refractivity contribution in [1.29, 1.82) is 0 Å². The topological polar surface area (TPSA) is 69.5 Å². The van der Waals surface area contributed by atoms with Crippen LogP contribution in [0.3, 0.4) is 0 Å². The summed E-state index contributed by atoms with van der Waals surface area (Å²) in [6, 6.07) is 9.76. The molecule has 2 aromatic heterocycles. The van der Waals surface area contributed by atoms with Gasteiger partial charge in [0.1, 0.15) is 5.56 Å². The summed E-state index contributed by atoms with van der Waals surface area (Å²) >= 11 is 0. The number of para-hydroxylation sites is 1. The fourth-order valence-corrected chi connectivity index (χ4v) is 3.48. The Balaban J connectivity index is 1.70. The van der Waals surface area contributed by atoms with Crippen LogP contribution in [0.1, 0.15) is 17.3 Å². The van der Waals surface area contributed by atoms with E-state index in [1.807, 2.05) is 41.2 Å². The number of ether oxygens (including phenoxy) is 2. The zero-order chi connectivity index (χ0) is 18.6. The van der Waals surface area contributed by atoms with Crippen LogP contribution in [0.15, 0.2) is 48.9 Å². The van der Waals surface area contributed by atoms with E-state index in [-0.39, 0.29) is 12.1 Å². The number of pyridine rings is 1. The summed E-state index contributed by atoms with van der Waals surface area (Å²) < 4.78 is 13.1. The second kappa shape index (κ2) is 7.75. The Morgan fingerprint density at radius 1 is 1.33 bits per heavy atom. The van der Waals surface area contributed by atoms with Gasteiger partial charge >= 0.3 is 5.97 Å². The van der Waals surface area contributed by atoms with E-state index in [4.69, 9.17) is 9.47 Å². The van der Waals surface area contributed by atoms with Crippen molar-refractivity contribution < 1.29 is 14.3 Å². The number of nitrogens with zero attached hydrogens (tertiary/aromatic N) is 4. The molecule has 7 nitrogen and oxygen atoms in total. The number of hydrogen-bond acceptors (Lipinski definition) is 6. The van der Waals surface area contributed by atoms with Crippen LogP contribution in [-0.2, 0) is 16.0 Å². The zero-order valence-electron chi connectivity index (χ0n) is 15.2. The van der Waals surface area contributed by atoms with E-state index >= 15 is 0 Å². The lowest BCUT2D eigenvalue weighted by molar-refractivity contribution is 0.0272. The fourth-order valence-electron chi connectivity index (χ4n) is 3.48. The Bertz CT molecular complexity index is 926. The molecule has 0 N–H and O–H groups in total. The lowest BCUT2D eigenvalue weighted by Crippen LogP contribution is -2.45. The molecule has 1 aliphatic heterocycles. The molecule has 3 aromatic rings. The highest BCUT2D eigenvalue weighted by Crippen LogP contribution is 2.31. The van der Waals surface area contributed by atoms with Crippen LogP contribution < -0.4 is 4.90 Å². The van der Waals surface area contributed by atoms with Gasteiger partial charge < -0.3 is 14.4 Å². The predicted molar refractivity (Wildman–Crippen MR) is 102 cm³/mol. The molecule has 1 aromatic carbocycles. The Kier molecular flexibility index (Phi) is 5.02. The molecule has 1 aliphatic rings. The number of hydrogen-bond donors (Lipinski definition) is 0. The smallest absolute Gasteiger partial charge is 0.341 e. The third kappa shape index (κ3) is 3.64. The molecule has 140 valence electrons. The van der Waals surface area contributed by atoms with Crippen LogP contribution in [0.25, 0.3) is 10.9 Å². The second-order valence-electron chi connectivity index (χ2n) is 6.43. The quantitative estimate of drug-likeness (QED) is 0.646. The minimum absolute atomic E-state index is 0.0133. The second-order valence-corrected chi connectivity index (χ2v) is 6.43. The van der Waals surface area contributed by atoms with Gasteiger partial charge in [-0.15, -0.1) is 0 Å². The number of carbonyl (C=O) groups is 1. The van der Waals surface area contributed by atoms with Gasteiger partial charge in [0.05, 0.1) is 37.1 Å². The maximum Gasteiger partial charge on any atom is 0.341 e. The van der Waals surface area contributed by atoms with Crippen molar-refractivity contribution in [3.63, 3.8) is 0 Å². The van der Waals surface area contributed by atoms with E-state index in [1.165, 1.54) is 0 Å². The number of aromatic nitrogens is 3. The van der Waals surface area contributed by atoms with Crippen LogP contribution in [0.2, 0.25) is 0 Å². The standard InChI is InChI=1S/C20H22N4O3/c1-2-26-20(25)17-12-21-18-7-4-3-6-16(18)19(17)23-10-11-27-15(13-23)14-24-9-5-8-22-24/h3-9,12,15H,2,10-11,13-14H2,1H3. The molecule has 1 atom stereocenters. The number of benzene rings is 1. The molecule has 4 rings (SSSR count). The zero-order valence-corrected chi connectivity index (χ0v) is 15.2. The first kappa shape index (κ1) is 17.5. The van der Waals surface area contributed by atoms with Gasteiger partial charge in [-0.3, -0.25) is 9.67 Å². The monoisotopic (exact) mass is 366 g/mol. The first-order valence-corrected chi connectivity index (χ1v) is 9.15. The minimum atomic E-state index is -0.346. The van der Waals surface area contributed by atoms with Crippen LogP contribution >= 0.6 is 0 Å². The Labute approximate surface area is 157 Å². The molecule has 0 spiro atoms. The summed E-state index contributed by atoms with van der Waals surface area (Å²) in [5.74, 6) is -0.346. The lowest BCUT2D eigenvalue weighted by atomic mass is 10.1. The van der Waals surface area contributed by atoms with Crippen molar-refractivity contribution in [2.45, 2.75) is 19.6 Å². The van der Waals surface area contributed by atoms with Gasteiger partial charge in [0.25, 0.3) is 0 Å². The average Bonchev–Trinajstić information content (AvgIpc) is 3.20. The maximum atomic E-state index is 12.6. The van der Waals surface area contributed by atoms with E-state index in [0.29, 0.717) is 38.4 Å². The van der Waals surface area contributed by atoms with Crippen LogP contribution in [0, 0.1) is 0 Å². The molecule has 7 heteroatoms. The number of rotatable bonds is 5. The Hall–Kier alpha value is -2.93. The van der Waals surface area contributed by atoms with Crippen molar-refractivity contribution in [2.24, 2.45) is 0 Å². The third-order valence-electron chi connectivity index (χ3n) is 4.65. The van der Waals surface area contributed by atoms with Gasteiger partial charge in [0, 0.05) is 37.1 Å². The van der Waals surface area contributed by atoms with E-state index in [2.05, 4.69) is 15.0 Å². The van der Waals surface area contributed by atoms with Crippen molar-refractivity contribution in [3.05, 3.63) is 54.5 Å². The average molecular weight is 366 g/mol. The first-order chi connectivity index (χ1) is 13.3. The molecule has 0 amide bonds. The summed E-state index contributed by atoms with van der Waals surface area (Å²) in [7, 11) is 0. The summed E-state index contributed by atoms with van der Waals surface area (Å²) in [6.07, 6.45) is 5.29. The van der Waals surface area contributed by atoms with Gasteiger partial charge in [-0.1, -0.05) is 18.2 Å². The highest BCUT2D eigenvalue weighted by molar-refractivity contribution is 6.05. The van der Waals surface area contributed by atoms with Gasteiger partial charge in [-0.25, -0.2) is 4.79 Å². The fraction of sp³-hybridized carbons (Fsp3) is 0.350. The molecule has 1 unspecified atom stereocenters. The molecular formula is C20H22N4O3. The van der Waals surface area contributed by atoms with Crippen molar-refractivity contribution in [3.8, 4) is 0 Å². The summed E-state index contributed by atoms with van der Waals surface area (Å²) in [4.78, 5) is 19.2. The summed E-state index contributed by atoms with van der Waals surface area (Å²) in [5, 5.41) is 5.21. The highest BCUT2D eigenvalue weighted by atomic mass is 16.5. The van der Waals surface area contributed by atoms with Crippen LogP contribution in [-0.4, -0.2) is 53.1 Å². The van der Waals surface area contributed by atoms with Gasteiger partial charge in [0.2, 0.25) is 0 Å². The third-order valence-corrected chi connectivity index (χ3v) is 4.65. The van der Waals surface area contributed by atoms with Crippen molar-refractivity contribution in [2.75, 3.05) is 31.2 Å². The number of morpholine rings is 1. The Morgan fingerprint density at radius 2 is 2.22 bits per heavy atom. The van der Waals surface area contributed by atoms with Crippen LogP contribution in [0.5, 0.6) is 0 Å². The number of esters is 1. The Morgan fingerprint density at radius 3 is 3.04 bits per heavy atom. The molecule has 0 saturated carbocycles. The molecule has 27 heavy (non-hydrogen) atoms. The molecule has 0 radical (unpaired) electrons.